The molecule has 0 aliphatic rings. The molecule has 0 spiro atoms. The molecule has 0 bridgehead atoms. The van der Waals surface area contributed by atoms with Gasteiger partial charge in [-0.15, -0.1) is 6.58 Å². The molecule has 0 fully saturated rings. The summed E-state index contributed by atoms with van der Waals surface area (Å²) in [6, 6.07) is 7.86. The summed E-state index contributed by atoms with van der Waals surface area (Å²) >= 11 is 0. The number of allylic oxidation sites excluding steroid dienone is 1. The van der Waals surface area contributed by atoms with Crippen molar-refractivity contribution >= 4 is 13.5 Å². The Balaban J connectivity index is 2.42. The van der Waals surface area contributed by atoms with Crippen LogP contribution >= 0.6 is 0 Å². The number of phenolic OH excluding ortho intramolecular Hbond substituents is 1. The van der Waals surface area contributed by atoms with Gasteiger partial charge in [-0.2, -0.15) is 0 Å². The van der Waals surface area contributed by atoms with Gasteiger partial charge in [0.15, 0.2) is 8.07 Å². The third-order valence-corrected chi connectivity index (χ3v) is 7.37. The minimum atomic E-state index is -1.83. The van der Waals surface area contributed by atoms with Crippen molar-refractivity contribution in [1.29, 1.82) is 0 Å². The lowest BCUT2D eigenvalue weighted by molar-refractivity contribution is 0.369. The maximum absolute atomic E-state index is 10.9. The van der Waals surface area contributed by atoms with E-state index in [0.29, 0.717) is 12.0 Å². The average molecular weight is 373 g/mol. The molecule has 0 radical (unpaired) electrons. The molecule has 0 aliphatic carbocycles. The van der Waals surface area contributed by atoms with E-state index in [1.165, 1.54) is 0 Å². The molecule has 0 aliphatic heterocycles. The lowest BCUT2D eigenvalue weighted by atomic mass is 9.78. The van der Waals surface area contributed by atoms with Crippen molar-refractivity contribution in [3.63, 3.8) is 0 Å². The van der Waals surface area contributed by atoms with Gasteiger partial charge >= 0.3 is 0 Å². The second-order valence-corrected chi connectivity index (χ2v) is 13.7. The molecule has 0 atom stereocenters. The van der Waals surface area contributed by atoms with Crippen LogP contribution in [0.2, 0.25) is 13.1 Å². The minimum Gasteiger partial charge on any atom is -0.507 e. The summed E-state index contributed by atoms with van der Waals surface area (Å²) in [4.78, 5) is 0. The van der Waals surface area contributed by atoms with Crippen molar-refractivity contribution in [1.82, 2.24) is 0 Å². The van der Waals surface area contributed by atoms with Crippen LogP contribution < -0.4 is 10.1 Å². The van der Waals surface area contributed by atoms with E-state index >= 15 is 0 Å². The summed E-state index contributed by atoms with van der Waals surface area (Å²) in [5.74, 6) is 1.11. The number of phenols is 1. The lowest BCUT2D eigenvalue weighted by Crippen LogP contribution is -2.46. The van der Waals surface area contributed by atoms with Gasteiger partial charge in [-0.3, -0.25) is 0 Å². The van der Waals surface area contributed by atoms with E-state index in [2.05, 4.69) is 40.4 Å². The summed E-state index contributed by atoms with van der Waals surface area (Å²) in [6.07, 6.45) is 4.19. The zero-order chi connectivity index (χ0) is 19.8. The van der Waals surface area contributed by atoms with Crippen LogP contribution in [0.15, 0.2) is 47.6 Å². The van der Waals surface area contributed by atoms with Crippen LogP contribution in [-0.4, -0.2) is 19.4 Å². The fourth-order valence-corrected chi connectivity index (χ4v) is 4.47. The first kappa shape index (κ1) is 20.4. The Labute approximate surface area is 158 Å². The molecule has 0 saturated heterocycles. The lowest BCUT2D eigenvalue weighted by Gasteiger charge is -2.29. The molecular formula is C22H32O3Si. The van der Waals surface area contributed by atoms with Crippen LogP contribution in [0.5, 0.6) is 11.5 Å². The Morgan fingerprint density at radius 2 is 1.77 bits per heavy atom. The molecular weight excluding hydrogens is 340 g/mol. The van der Waals surface area contributed by atoms with E-state index in [9.17, 15) is 5.11 Å². The van der Waals surface area contributed by atoms with Crippen LogP contribution in [0.3, 0.4) is 0 Å². The second-order valence-electron chi connectivity index (χ2n) is 9.19. The summed E-state index contributed by atoms with van der Waals surface area (Å²) in [5, 5.41) is 11.9. The predicted molar refractivity (Wildman–Crippen MR) is 111 cm³/mol. The monoisotopic (exact) mass is 372 g/mol. The number of rotatable bonds is 6. The van der Waals surface area contributed by atoms with Gasteiger partial charge in [0.2, 0.25) is 0 Å². The van der Waals surface area contributed by atoms with Crippen LogP contribution in [-0.2, 0) is 10.8 Å². The highest BCUT2D eigenvalue weighted by molar-refractivity contribution is 6.88. The summed E-state index contributed by atoms with van der Waals surface area (Å²) < 4.78 is 11.8. The molecule has 0 saturated carbocycles. The van der Waals surface area contributed by atoms with E-state index in [-0.39, 0.29) is 10.8 Å². The van der Waals surface area contributed by atoms with E-state index in [0.717, 1.165) is 22.3 Å². The average Bonchev–Trinajstić information content (AvgIpc) is 3.08. The standard InChI is InChI=1S/C22H32O3Si/c1-9-22(5,6)18-14-16(13-17(20(18)23)21(2,3)4)25-15-26(7,8)19-11-10-12-24-19/h9-14,23H,1,15H2,2-8H3. The summed E-state index contributed by atoms with van der Waals surface area (Å²) in [7, 11) is -1.83. The fourth-order valence-electron chi connectivity index (χ4n) is 2.86. The normalized spacial score (nSPS) is 12.9. The van der Waals surface area contributed by atoms with Gasteiger partial charge in [0, 0.05) is 16.5 Å². The minimum absolute atomic E-state index is 0.191. The predicted octanol–water partition coefficient (Wildman–Crippen LogP) is 5.28. The van der Waals surface area contributed by atoms with Gasteiger partial charge in [-0.05, 0) is 29.7 Å². The maximum atomic E-state index is 10.9. The molecule has 3 nitrogen and oxygen atoms in total. The first-order chi connectivity index (χ1) is 11.9. The molecule has 26 heavy (non-hydrogen) atoms. The Morgan fingerprint density at radius 3 is 2.27 bits per heavy atom. The van der Waals surface area contributed by atoms with Crippen molar-refractivity contribution < 1.29 is 14.3 Å². The number of aromatic hydroxyl groups is 1. The quantitative estimate of drug-likeness (QED) is 0.554. The van der Waals surface area contributed by atoms with Gasteiger partial charge in [-0.25, -0.2) is 0 Å². The van der Waals surface area contributed by atoms with Crippen molar-refractivity contribution in [2.24, 2.45) is 0 Å². The largest absolute Gasteiger partial charge is 0.507 e. The summed E-state index contributed by atoms with van der Waals surface area (Å²) in [5.41, 5.74) is 1.19. The first-order valence-corrected chi connectivity index (χ1v) is 12.3. The van der Waals surface area contributed by atoms with Crippen LogP contribution in [0.1, 0.15) is 45.7 Å². The van der Waals surface area contributed by atoms with Gasteiger partial charge in [0.05, 0.1) is 17.9 Å². The van der Waals surface area contributed by atoms with Crippen LogP contribution in [0.4, 0.5) is 0 Å². The van der Waals surface area contributed by atoms with Crippen molar-refractivity contribution in [2.45, 2.75) is 58.5 Å². The van der Waals surface area contributed by atoms with Gasteiger partial charge in [-0.1, -0.05) is 53.8 Å². The Hall–Kier alpha value is -1.94. The second kappa shape index (κ2) is 6.99. The fraction of sp³-hybridized carbons (Fsp3) is 0.455. The summed E-state index contributed by atoms with van der Waals surface area (Å²) in [6.45, 7) is 18.8. The molecule has 1 heterocycles. The molecule has 1 N–H and O–H groups in total. The number of ether oxygens (including phenoxy) is 1. The van der Waals surface area contributed by atoms with E-state index in [1.807, 2.05) is 44.2 Å². The van der Waals surface area contributed by atoms with Gasteiger partial charge in [0.1, 0.15) is 11.5 Å². The van der Waals surface area contributed by atoms with E-state index in [4.69, 9.17) is 9.15 Å². The highest BCUT2D eigenvalue weighted by Crippen LogP contribution is 2.42. The molecule has 0 unspecified atom stereocenters. The van der Waals surface area contributed by atoms with Crippen LogP contribution in [0.25, 0.3) is 0 Å². The van der Waals surface area contributed by atoms with Crippen molar-refractivity contribution in [3.8, 4) is 11.5 Å². The topological polar surface area (TPSA) is 42.6 Å². The smallest absolute Gasteiger partial charge is 0.168 e. The number of hydrogen-bond donors (Lipinski definition) is 1. The Kier molecular flexibility index (Phi) is 5.48. The highest BCUT2D eigenvalue weighted by atomic mass is 28.3. The third-order valence-electron chi connectivity index (χ3n) is 4.88. The van der Waals surface area contributed by atoms with Crippen LogP contribution in [0, 0.1) is 0 Å². The number of benzene rings is 1. The van der Waals surface area contributed by atoms with E-state index < -0.39 is 8.07 Å². The third kappa shape index (κ3) is 4.23. The van der Waals surface area contributed by atoms with E-state index in [1.54, 1.807) is 6.26 Å². The first-order valence-electron chi connectivity index (χ1n) is 9.07. The number of hydrogen-bond acceptors (Lipinski definition) is 3. The molecule has 2 aromatic rings. The molecule has 0 amide bonds. The maximum Gasteiger partial charge on any atom is 0.168 e. The molecule has 142 valence electrons. The SMILES string of the molecule is C=CC(C)(C)c1cc(OC[Si](C)(C)c2ccco2)cc(C(C)(C)C)c1O. The molecule has 4 heteroatoms. The Bertz CT molecular complexity index is 765. The van der Waals surface area contributed by atoms with Gasteiger partial charge in [0.25, 0.3) is 0 Å². The molecule has 1 aromatic heterocycles. The number of furan rings is 1. The molecule has 2 rings (SSSR count). The molecule has 1 aromatic carbocycles. The van der Waals surface area contributed by atoms with Crippen molar-refractivity contribution in [3.05, 3.63) is 54.3 Å². The van der Waals surface area contributed by atoms with Gasteiger partial charge < -0.3 is 14.3 Å². The highest BCUT2D eigenvalue weighted by Gasteiger charge is 2.30. The zero-order valence-electron chi connectivity index (χ0n) is 17.1. The van der Waals surface area contributed by atoms with Crippen molar-refractivity contribution in [2.75, 3.05) is 6.23 Å². The zero-order valence-corrected chi connectivity index (χ0v) is 18.1. The Morgan fingerprint density at radius 1 is 1.15 bits per heavy atom.